The first-order valence-electron chi connectivity index (χ1n) is 8.89. The van der Waals surface area contributed by atoms with Gasteiger partial charge in [-0.15, -0.1) is 0 Å². The Morgan fingerprint density at radius 1 is 1.32 bits per heavy atom. The van der Waals surface area contributed by atoms with Gasteiger partial charge >= 0.3 is 0 Å². The number of fused-ring (bicyclic) bond motifs is 2. The summed E-state index contributed by atoms with van der Waals surface area (Å²) in [6.45, 7) is 4.45. The predicted octanol–water partition coefficient (Wildman–Crippen LogP) is 1.07. The number of imidazole rings is 1. The van der Waals surface area contributed by atoms with Crippen LogP contribution in [0.15, 0.2) is 18.2 Å². The number of hydrogen-bond donors (Lipinski definition) is 1. The Morgan fingerprint density at radius 2 is 2.12 bits per heavy atom. The molecule has 25 heavy (non-hydrogen) atoms. The molecule has 0 saturated carbocycles. The first-order valence-corrected chi connectivity index (χ1v) is 10.6. The van der Waals surface area contributed by atoms with Gasteiger partial charge < -0.3 is 14.8 Å². The van der Waals surface area contributed by atoms with E-state index in [1.54, 1.807) is 0 Å². The Morgan fingerprint density at radius 3 is 2.88 bits per heavy atom. The summed E-state index contributed by atoms with van der Waals surface area (Å²) >= 11 is 0. The molecule has 1 aromatic carbocycles. The van der Waals surface area contributed by atoms with Crippen molar-refractivity contribution >= 4 is 20.9 Å². The van der Waals surface area contributed by atoms with Gasteiger partial charge in [0.15, 0.2) is 9.84 Å². The Kier molecular flexibility index (Phi) is 4.13. The number of H-pyrrole nitrogens is 1. The van der Waals surface area contributed by atoms with Crippen LogP contribution in [-0.2, 0) is 16.3 Å². The topological polar surface area (TPSA) is 69.3 Å². The largest absolute Gasteiger partial charge is 0.342 e. The quantitative estimate of drug-likeness (QED) is 0.881. The Balaban J connectivity index is 1.44. The lowest BCUT2D eigenvalue weighted by atomic mass is 10.00. The van der Waals surface area contributed by atoms with E-state index in [-0.39, 0.29) is 17.2 Å². The van der Waals surface area contributed by atoms with E-state index >= 15 is 0 Å². The molecule has 0 unspecified atom stereocenters. The van der Waals surface area contributed by atoms with Crippen molar-refractivity contribution in [1.82, 2.24) is 19.8 Å². The molecule has 1 aromatic heterocycles. The predicted molar refractivity (Wildman–Crippen MR) is 99.5 cm³/mol. The summed E-state index contributed by atoms with van der Waals surface area (Å²) in [5.74, 6) is 1.52. The van der Waals surface area contributed by atoms with Crippen LogP contribution in [0.2, 0.25) is 0 Å². The minimum Gasteiger partial charge on any atom is -0.342 e. The SMILES string of the molecule is Cc1ccc2nc(CCN3C[C@H]4[C@@H](N(C)C)CS(=O)(=O)[C@H]4C3)[nH]c2c1. The average molecular weight is 362 g/mol. The van der Waals surface area contributed by atoms with Gasteiger partial charge in [-0.05, 0) is 38.7 Å². The van der Waals surface area contributed by atoms with E-state index < -0.39 is 9.84 Å². The van der Waals surface area contributed by atoms with E-state index in [0.717, 1.165) is 36.4 Å². The van der Waals surface area contributed by atoms with Crippen LogP contribution in [0.25, 0.3) is 11.0 Å². The summed E-state index contributed by atoms with van der Waals surface area (Å²) in [6, 6.07) is 6.37. The fourth-order valence-corrected chi connectivity index (χ4v) is 6.89. The highest BCUT2D eigenvalue weighted by molar-refractivity contribution is 7.92. The molecule has 0 amide bonds. The molecule has 7 heteroatoms. The third-order valence-corrected chi connectivity index (χ3v) is 7.99. The third-order valence-electron chi connectivity index (χ3n) is 5.76. The van der Waals surface area contributed by atoms with Crippen LogP contribution in [-0.4, -0.2) is 79.0 Å². The van der Waals surface area contributed by atoms with Crippen molar-refractivity contribution in [3.63, 3.8) is 0 Å². The Bertz CT molecular complexity index is 890. The molecular formula is C18H26N4O2S. The van der Waals surface area contributed by atoms with Crippen LogP contribution >= 0.6 is 0 Å². The summed E-state index contributed by atoms with van der Waals surface area (Å²) in [5.41, 5.74) is 3.28. The number of nitrogens with one attached hydrogen (secondary N) is 1. The van der Waals surface area contributed by atoms with Gasteiger partial charge in [0, 0.05) is 38.0 Å². The first-order chi connectivity index (χ1) is 11.8. The maximum absolute atomic E-state index is 12.5. The molecule has 3 heterocycles. The molecule has 3 atom stereocenters. The highest BCUT2D eigenvalue weighted by atomic mass is 32.2. The number of benzene rings is 1. The van der Waals surface area contributed by atoms with E-state index in [4.69, 9.17) is 0 Å². The molecular weight excluding hydrogens is 336 g/mol. The van der Waals surface area contributed by atoms with Gasteiger partial charge in [-0.3, -0.25) is 0 Å². The molecule has 2 aromatic rings. The van der Waals surface area contributed by atoms with Crippen molar-refractivity contribution in [2.45, 2.75) is 24.6 Å². The van der Waals surface area contributed by atoms with Gasteiger partial charge in [0.25, 0.3) is 0 Å². The zero-order chi connectivity index (χ0) is 17.8. The van der Waals surface area contributed by atoms with E-state index in [1.807, 2.05) is 20.2 Å². The molecule has 0 radical (unpaired) electrons. The third kappa shape index (κ3) is 3.09. The van der Waals surface area contributed by atoms with Crippen LogP contribution in [0, 0.1) is 12.8 Å². The normalized spacial score (nSPS) is 28.9. The standard InChI is InChI=1S/C18H26N4O2S/c1-12-4-5-14-15(8-12)20-18(19-14)6-7-22-9-13-16(21(2)3)11-25(23,24)17(13)10-22/h4-5,8,13,16-17H,6-7,9-11H2,1-3H3,(H,19,20)/t13-,16-,17-/m0/s1. The molecule has 0 aliphatic carbocycles. The Labute approximate surface area is 149 Å². The average Bonchev–Trinajstić information content (AvgIpc) is 3.18. The van der Waals surface area contributed by atoms with Crippen molar-refractivity contribution < 1.29 is 8.42 Å². The summed E-state index contributed by atoms with van der Waals surface area (Å²) in [7, 11) is 1.01. The van der Waals surface area contributed by atoms with E-state index in [0.29, 0.717) is 12.3 Å². The first kappa shape index (κ1) is 17.0. The van der Waals surface area contributed by atoms with E-state index in [9.17, 15) is 8.42 Å². The highest BCUT2D eigenvalue weighted by Crippen LogP contribution is 2.35. The van der Waals surface area contributed by atoms with Crippen molar-refractivity contribution in [2.24, 2.45) is 5.92 Å². The fraction of sp³-hybridized carbons (Fsp3) is 0.611. The zero-order valence-electron chi connectivity index (χ0n) is 15.1. The van der Waals surface area contributed by atoms with Crippen molar-refractivity contribution in [3.8, 4) is 0 Å². The maximum Gasteiger partial charge on any atom is 0.156 e. The molecule has 4 rings (SSSR count). The molecule has 0 spiro atoms. The van der Waals surface area contributed by atoms with Crippen LogP contribution in [0.1, 0.15) is 11.4 Å². The summed E-state index contributed by atoms with van der Waals surface area (Å²) in [4.78, 5) is 12.4. The fourth-order valence-electron chi connectivity index (χ4n) is 4.39. The monoisotopic (exact) mass is 362 g/mol. The maximum atomic E-state index is 12.5. The van der Waals surface area contributed by atoms with E-state index in [2.05, 4.69) is 38.8 Å². The second kappa shape index (κ2) is 6.07. The Hall–Kier alpha value is -1.44. The van der Waals surface area contributed by atoms with Gasteiger partial charge in [-0.1, -0.05) is 6.07 Å². The van der Waals surface area contributed by atoms with Crippen LogP contribution < -0.4 is 0 Å². The van der Waals surface area contributed by atoms with Crippen LogP contribution in [0.3, 0.4) is 0 Å². The summed E-state index contributed by atoms with van der Waals surface area (Å²) in [6.07, 6.45) is 0.819. The smallest absolute Gasteiger partial charge is 0.156 e. The molecule has 136 valence electrons. The molecule has 2 aliphatic rings. The van der Waals surface area contributed by atoms with Gasteiger partial charge in [0.2, 0.25) is 0 Å². The van der Waals surface area contributed by atoms with Gasteiger partial charge in [-0.2, -0.15) is 0 Å². The van der Waals surface area contributed by atoms with Crippen LogP contribution in [0.5, 0.6) is 0 Å². The molecule has 2 saturated heterocycles. The second-order valence-electron chi connectivity index (χ2n) is 7.78. The lowest BCUT2D eigenvalue weighted by Crippen LogP contribution is -2.37. The molecule has 6 nitrogen and oxygen atoms in total. The molecule has 2 fully saturated rings. The number of likely N-dealkylation sites (tertiary alicyclic amines) is 1. The minimum atomic E-state index is -2.97. The number of aromatic amines is 1. The lowest BCUT2D eigenvalue weighted by Gasteiger charge is -2.24. The summed E-state index contributed by atoms with van der Waals surface area (Å²) < 4.78 is 24.9. The molecule has 2 aliphatic heterocycles. The number of nitrogens with zero attached hydrogens (tertiary/aromatic N) is 3. The van der Waals surface area contributed by atoms with Gasteiger partial charge in [0.05, 0.1) is 22.0 Å². The van der Waals surface area contributed by atoms with Crippen molar-refractivity contribution in [3.05, 3.63) is 29.6 Å². The number of aromatic nitrogens is 2. The molecule has 0 bridgehead atoms. The van der Waals surface area contributed by atoms with Gasteiger partial charge in [0.1, 0.15) is 5.82 Å². The van der Waals surface area contributed by atoms with Crippen molar-refractivity contribution in [2.75, 3.05) is 39.5 Å². The summed E-state index contributed by atoms with van der Waals surface area (Å²) in [5, 5.41) is -0.196. The van der Waals surface area contributed by atoms with Gasteiger partial charge in [-0.25, -0.2) is 13.4 Å². The molecule has 1 N–H and O–H groups in total. The van der Waals surface area contributed by atoms with Crippen LogP contribution in [0.4, 0.5) is 0 Å². The highest BCUT2D eigenvalue weighted by Gasteiger charge is 2.52. The number of sulfone groups is 1. The minimum absolute atomic E-state index is 0.147. The van der Waals surface area contributed by atoms with E-state index in [1.165, 1.54) is 5.56 Å². The number of aryl methyl sites for hydroxylation is 1. The zero-order valence-corrected chi connectivity index (χ0v) is 15.9. The number of hydrogen-bond acceptors (Lipinski definition) is 5. The number of rotatable bonds is 4. The lowest BCUT2D eigenvalue weighted by molar-refractivity contribution is 0.232. The van der Waals surface area contributed by atoms with Crippen molar-refractivity contribution in [1.29, 1.82) is 0 Å². The second-order valence-corrected chi connectivity index (χ2v) is 10.0.